The van der Waals surface area contributed by atoms with E-state index >= 15 is 0 Å². The van der Waals surface area contributed by atoms with Gasteiger partial charge in [-0.1, -0.05) is 11.6 Å². The maximum absolute atomic E-state index is 10.5. The predicted molar refractivity (Wildman–Crippen MR) is 74.3 cm³/mol. The Balaban J connectivity index is 2.33. The zero-order valence-corrected chi connectivity index (χ0v) is 12.7. The van der Waals surface area contributed by atoms with Gasteiger partial charge in [-0.2, -0.15) is 10.2 Å². The lowest BCUT2D eigenvalue weighted by atomic mass is 10.0. The van der Waals surface area contributed by atoms with Crippen LogP contribution in [-0.2, 0) is 20.5 Å². The molecular formula is C13H19ClN4O. The van der Waals surface area contributed by atoms with Crippen molar-refractivity contribution in [3.05, 3.63) is 33.4 Å². The minimum atomic E-state index is -0.617. The summed E-state index contributed by atoms with van der Waals surface area (Å²) in [5.41, 5.74) is 4.44. The lowest BCUT2D eigenvalue weighted by molar-refractivity contribution is 0.176. The molecule has 1 atom stereocenters. The van der Waals surface area contributed by atoms with Gasteiger partial charge in [0.2, 0.25) is 0 Å². The Morgan fingerprint density at radius 1 is 1.11 bits per heavy atom. The molecule has 1 unspecified atom stereocenters. The molecule has 0 bridgehead atoms. The molecule has 5 nitrogen and oxygen atoms in total. The monoisotopic (exact) mass is 282 g/mol. The fraction of sp³-hybridized carbons (Fsp3) is 0.538. The molecule has 2 heterocycles. The van der Waals surface area contributed by atoms with Crippen LogP contribution in [0.15, 0.2) is 0 Å². The van der Waals surface area contributed by atoms with Gasteiger partial charge in [-0.3, -0.25) is 9.36 Å². The van der Waals surface area contributed by atoms with Crippen LogP contribution in [0.3, 0.4) is 0 Å². The minimum absolute atomic E-state index is 0.450. The molecule has 0 aliphatic carbocycles. The Bertz CT molecular complexity index is 615. The molecule has 19 heavy (non-hydrogen) atoms. The zero-order valence-electron chi connectivity index (χ0n) is 11.9. The van der Waals surface area contributed by atoms with E-state index in [1.165, 1.54) is 0 Å². The summed E-state index contributed by atoms with van der Waals surface area (Å²) in [6, 6.07) is 0. The summed E-state index contributed by atoms with van der Waals surface area (Å²) in [7, 11) is 3.67. The summed E-state index contributed by atoms with van der Waals surface area (Å²) in [4.78, 5) is 0. The number of aryl methyl sites for hydroxylation is 4. The fourth-order valence-corrected chi connectivity index (χ4v) is 2.73. The van der Waals surface area contributed by atoms with Crippen LogP contribution in [-0.4, -0.2) is 24.7 Å². The van der Waals surface area contributed by atoms with Crippen molar-refractivity contribution in [1.29, 1.82) is 0 Å². The lowest BCUT2D eigenvalue weighted by Gasteiger charge is -2.11. The Kier molecular flexibility index (Phi) is 3.69. The zero-order chi connectivity index (χ0) is 14.3. The van der Waals surface area contributed by atoms with E-state index in [9.17, 15) is 5.11 Å². The van der Waals surface area contributed by atoms with Crippen LogP contribution in [0.4, 0.5) is 0 Å². The van der Waals surface area contributed by atoms with Crippen molar-refractivity contribution in [3.8, 4) is 0 Å². The van der Waals surface area contributed by atoms with Crippen molar-refractivity contribution in [3.63, 3.8) is 0 Å². The Morgan fingerprint density at radius 2 is 1.68 bits per heavy atom. The average molecular weight is 283 g/mol. The van der Waals surface area contributed by atoms with Gasteiger partial charge in [0, 0.05) is 37.3 Å². The van der Waals surface area contributed by atoms with Crippen LogP contribution in [0.2, 0.25) is 5.15 Å². The highest BCUT2D eigenvalue weighted by atomic mass is 35.5. The third kappa shape index (κ3) is 2.40. The fourth-order valence-electron chi connectivity index (χ4n) is 2.47. The lowest BCUT2D eigenvalue weighted by Crippen LogP contribution is -2.06. The molecule has 104 valence electrons. The SMILES string of the molecule is Cc1nn(C)c(Cl)c1CC(O)c1c(C)nn(C)c1C. The van der Waals surface area contributed by atoms with E-state index in [1.54, 1.807) is 16.4 Å². The Morgan fingerprint density at radius 3 is 2.11 bits per heavy atom. The molecule has 0 aliphatic heterocycles. The van der Waals surface area contributed by atoms with Gasteiger partial charge in [0.05, 0.1) is 17.5 Å². The van der Waals surface area contributed by atoms with E-state index in [4.69, 9.17) is 11.6 Å². The van der Waals surface area contributed by atoms with Crippen LogP contribution >= 0.6 is 11.6 Å². The number of rotatable bonds is 3. The van der Waals surface area contributed by atoms with Gasteiger partial charge in [-0.15, -0.1) is 0 Å². The number of hydrogen-bond acceptors (Lipinski definition) is 3. The molecule has 1 N–H and O–H groups in total. The summed E-state index contributed by atoms with van der Waals surface area (Å²) in [5.74, 6) is 0. The average Bonchev–Trinajstić information content (AvgIpc) is 2.70. The summed E-state index contributed by atoms with van der Waals surface area (Å²) in [5, 5.41) is 19.6. The van der Waals surface area contributed by atoms with Gasteiger partial charge in [0.25, 0.3) is 0 Å². The number of halogens is 1. The summed E-state index contributed by atoms with van der Waals surface area (Å²) >= 11 is 6.20. The highest BCUT2D eigenvalue weighted by Gasteiger charge is 2.21. The molecule has 2 rings (SSSR count). The first kappa shape index (κ1) is 14.1. The first-order valence-corrected chi connectivity index (χ1v) is 6.56. The van der Waals surface area contributed by atoms with Gasteiger partial charge in [-0.05, 0) is 20.8 Å². The van der Waals surface area contributed by atoms with Gasteiger partial charge >= 0.3 is 0 Å². The summed E-state index contributed by atoms with van der Waals surface area (Å²) in [6.07, 6.45) is -0.166. The molecule has 2 aromatic rings. The first-order chi connectivity index (χ1) is 8.82. The first-order valence-electron chi connectivity index (χ1n) is 6.19. The molecule has 0 spiro atoms. The Labute approximate surface area is 117 Å². The number of nitrogens with zero attached hydrogens (tertiary/aromatic N) is 4. The second-order valence-electron chi connectivity index (χ2n) is 4.91. The molecule has 0 saturated carbocycles. The second-order valence-corrected chi connectivity index (χ2v) is 5.26. The molecule has 0 fully saturated rings. The molecule has 0 saturated heterocycles. The van der Waals surface area contributed by atoms with E-state index in [1.807, 2.05) is 27.8 Å². The third-order valence-corrected chi connectivity index (χ3v) is 4.04. The third-order valence-electron chi connectivity index (χ3n) is 3.57. The van der Waals surface area contributed by atoms with Crippen molar-refractivity contribution in [2.45, 2.75) is 33.3 Å². The standard InChI is InChI=1S/C13H19ClN4O/c1-7-10(13(14)18(5)15-7)6-11(19)12-8(2)16-17(4)9(12)3/h11,19H,6H2,1-5H3. The molecular weight excluding hydrogens is 264 g/mol. The van der Waals surface area contributed by atoms with Crippen LogP contribution < -0.4 is 0 Å². The van der Waals surface area contributed by atoms with Gasteiger partial charge in [0.1, 0.15) is 5.15 Å². The highest BCUT2D eigenvalue weighted by molar-refractivity contribution is 6.30. The minimum Gasteiger partial charge on any atom is -0.388 e. The largest absolute Gasteiger partial charge is 0.388 e. The molecule has 2 aromatic heterocycles. The van der Waals surface area contributed by atoms with Crippen LogP contribution in [0.5, 0.6) is 0 Å². The van der Waals surface area contributed by atoms with Gasteiger partial charge in [-0.25, -0.2) is 0 Å². The number of aliphatic hydroxyl groups excluding tert-OH is 1. The van der Waals surface area contributed by atoms with Crippen molar-refractivity contribution >= 4 is 11.6 Å². The van der Waals surface area contributed by atoms with Crippen LogP contribution in [0.1, 0.15) is 34.3 Å². The van der Waals surface area contributed by atoms with Crippen LogP contribution in [0.25, 0.3) is 0 Å². The smallest absolute Gasteiger partial charge is 0.130 e. The highest BCUT2D eigenvalue weighted by Crippen LogP contribution is 2.28. The molecule has 6 heteroatoms. The summed E-state index contributed by atoms with van der Waals surface area (Å²) in [6.45, 7) is 5.76. The quantitative estimate of drug-likeness (QED) is 0.937. The van der Waals surface area contributed by atoms with Crippen molar-refractivity contribution in [1.82, 2.24) is 19.6 Å². The van der Waals surface area contributed by atoms with Crippen molar-refractivity contribution in [2.24, 2.45) is 14.1 Å². The second kappa shape index (κ2) is 4.98. The normalized spacial score (nSPS) is 13.0. The molecule has 0 radical (unpaired) electrons. The van der Waals surface area contributed by atoms with E-state index in [0.29, 0.717) is 11.6 Å². The number of aliphatic hydroxyl groups is 1. The predicted octanol–water partition coefficient (Wildman–Crippen LogP) is 2.01. The maximum Gasteiger partial charge on any atom is 0.130 e. The maximum atomic E-state index is 10.5. The summed E-state index contributed by atoms with van der Waals surface area (Å²) < 4.78 is 3.41. The van der Waals surface area contributed by atoms with Crippen molar-refractivity contribution in [2.75, 3.05) is 0 Å². The van der Waals surface area contributed by atoms with E-state index in [2.05, 4.69) is 10.2 Å². The van der Waals surface area contributed by atoms with Crippen molar-refractivity contribution < 1.29 is 5.11 Å². The molecule has 0 amide bonds. The van der Waals surface area contributed by atoms with E-state index in [0.717, 1.165) is 28.2 Å². The van der Waals surface area contributed by atoms with E-state index in [-0.39, 0.29) is 0 Å². The van der Waals surface area contributed by atoms with Gasteiger partial charge < -0.3 is 5.11 Å². The number of hydrogen-bond donors (Lipinski definition) is 1. The molecule has 0 aromatic carbocycles. The topological polar surface area (TPSA) is 55.9 Å². The Hall–Kier alpha value is -1.33. The number of aromatic nitrogens is 4. The van der Waals surface area contributed by atoms with E-state index < -0.39 is 6.10 Å². The van der Waals surface area contributed by atoms with Crippen LogP contribution in [0, 0.1) is 20.8 Å². The molecule has 0 aliphatic rings. The van der Waals surface area contributed by atoms with Gasteiger partial charge in [0.15, 0.2) is 0 Å².